The van der Waals surface area contributed by atoms with Gasteiger partial charge in [-0.25, -0.2) is 0 Å². The van der Waals surface area contributed by atoms with Gasteiger partial charge in [-0.3, -0.25) is 0 Å². The zero-order chi connectivity index (χ0) is 20.5. The second kappa shape index (κ2) is 28.9. The lowest BCUT2D eigenvalue weighted by atomic mass is 10.2. The van der Waals surface area contributed by atoms with Crippen molar-refractivity contribution in [1.82, 2.24) is 0 Å². The number of hydrogen-bond donors (Lipinski definition) is 0. The fourth-order valence-corrected chi connectivity index (χ4v) is 3.42. The van der Waals surface area contributed by atoms with Crippen LogP contribution in [0.1, 0.15) is 20.8 Å². The average molecular weight is 469 g/mol. The highest BCUT2D eigenvalue weighted by molar-refractivity contribution is 7.99. The highest BCUT2D eigenvalue weighted by atomic mass is 32.2. The molecule has 0 aromatic heterocycles. The molecule has 11 heteroatoms. The zero-order valence-electron chi connectivity index (χ0n) is 18.4. The molecule has 0 aromatic rings. The van der Waals surface area contributed by atoms with Gasteiger partial charge in [-0.1, -0.05) is 20.8 Å². The highest BCUT2D eigenvalue weighted by Gasteiger charge is 2.21. The number of thioether (sulfide) groups is 3. The molecule has 0 saturated carbocycles. The summed E-state index contributed by atoms with van der Waals surface area (Å²) in [6.45, 7) is 11.5. The van der Waals surface area contributed by atoms with E-state index >= 15 is 0 Å². The van der Waals surface area contributed by atoms with Crippen LogP contribution in [0.15, 0.2) is 0 Å². The molecule has 0 saturated heterocycles. The molecule has 0 aromatic carbocycles. The van der Waals surface area contributed by atoms with Gasteiger partial charge in [0, 0.05) is 25.7 Å². The van der Waals surface area contributed by atoms with Gasteiger partial charge < -0.3 is 28.2 Å². The topological polar surface area (TPSA) is 55.4 Å². The van der Waals surface area contributed by atoms with E-state index in [2.05, 4.69) is 20.8 Å². The standard InChI is InChI=1S/C18H39BO6S3.B/c1-4-26-16-13-20-7-10-23-19(24-11-8-21-14-17-27-5-2)25-12-9-22-15-18-28-6-3;/h4-18H2,1-3H3;. The van der Waals surface area contributed by atoms with E-state index in [1.807, 2.05) is 35.3 Å². The molecule has 0 atom stereocenters. The fraction of sp³-hybridized carbons (Fsp3) is 1.00. The molecule has 171 valence electrons. The zero-order valence-corrected chi connectivity index (χ0v) is 20.9. The van der Waals surface area contributed by atoms with Gasteiger partial charge in [-0.15, -0.1) is 0 Å². The van der Waals surface area contributed by atoms with Gasteiger partial charge in [0.25, 0.3) is 0 Å². The van der Waals surface area contributed by atoms with Crippen molar-refractivity contribution in [3.63, 3.8) is 0 Å². The lowest BCUT2D eigenvalue weighted by Crippen LogP contribution is -2.31. The number of hydrogen-bond acceptors (Lipinski definition) is 9. The van der Waals surface area contributed by atoms with Gasteiger partial charge in [-0.2, -0.15) is 35.3 Å². The van der Waals surface area contributed by atoms with Crippen LogP contribution in [0.25, 0.3) is 0 Å². The Kier molecular flexibility index (Phi) is 32.1. The van der Waals surface area contributed by atoms with Crippen molar-refractivity contribution in [3.05, 3.63) is 0 Å². The molecule has 0 unspecified atom stereocenters. The van der Waals surface area contributed by atoms with E-state index in [1.165, 1.54) is 0 Å². The van der Waals surface area contributed by atoms with Crippen LogP contribution >= 0.6 is 35.3 Å². The average Bonchev–Trinajstić information content (AvgIpc) is 2.71. The molecule has 0 rings (SSSR count). The van der Waals surface area contributed by atoms with Crippen molar-refractivity contribution in [1.29, 1.82) is 0 Å². The lowest BCUT2D eigenvalue weighted by molar-refractivity contribution is 0.0248. The minimum Gasteiger partial charge on any atom is -0.383 e. The molecular weight excluding hydrogens is 430 g/mol. The fourth-order valence-electron chi connectivity index (χ4n) is 1.85. The molecular formula is C18H39B2O6S3. The van der Waals surface area contributed by atoms with Gasteiger partial charge in [-0.05, 0) is 17.3 Å². The monoisotopic (exact) mass is 469 g/mol. The van der Waals surface area contributed by atoms with Gasteiger partial charge in [0.15, 0.2) is 0 Å². The quantitative estimate of drug-likeness (QED) is 0.157. The summed E-state index contributed by atoms with van der Waals surface area (Å²) in [6, 6.07) is 0. The summed E-state index contributed by atoms with van der Waals surface area (Å²) in [5, 5.41) is 0. The third-order valence-electron chi connectivity index (χ3n) is 3.17. The van der Waals surface area contributed by atoms with Crippen molar-refractivity contribution in [2.75, 3.05) is 94.0 Å². The molecule has 0 aliphatic carbocycles. The molecule has 0 aliphatic heterocycles. The molecule has 0 amide bonds. The maximum Gasteiger partial charge on any atom is 0.639 e. The minimum absolute atomic E-state index is 0. The predicted octanol–water partition coefficient (Wildman–Crippen LogP) is 2.95. The van der Waals surface area contributed by atoms with Crippen LogP contribution in [-0.2, 0) is 28.2 Å². The van der Waals surface area contributed by atoms with E-state index in [4.69, 9.17) is 28.2 Å². The second-order valence-corrected chi connectivity index (χ2v) is 9.51. The number of rotatable bonds is 24. The van der Waals surface area contributed by atoms with Crippen LogP contribution in [0, 0.1) is 0 Å². The van der Waals surface area contributed by atoms with Crippen molar-refractivity contribution in [2.45, 2.75) is 20.8 Å². The molecule has 29 heavy (non-hydrogen) atoms. The first-order chi connectivity index (χ1) is 13.8. The third kappa shape index (κ3) is 26.9. The van der Waals surface area contributed by atoms with Gasteiger partial charge >= 0.3 is 7.32 Å². The Hall–Kier alpha value is 0.940. The van der Waals surface area contributed by atoms with E-state index in [9.17, 15) is 0 Å². The Morgan fingerprint density at radius 2 is 0.793 bits per heavy atom. The van der Waals surface area contributed by atoms with Crippen molar-refractivity contribution in [3.8, 4) is 0 Å². The molecule has 0 N–H and O–H groups in total. The summed E-state index contributed by atoms with van der Waals surface area (Å²) < 4.78 is 33.5. The Labute approximate surface area is 193 Å². The lowest BCUT2D eigenvalue weighted by Gasteiger charge is -2.15. The minimum atomic E-state index is -0.712. The van der Waals surface area contributed by atoms with Crippen LogP contribution in [-0.4, -0.2) is 110 Å². The van der Waals surface area contributed by atoms with Crippen LogP contribution < -0.4 is 0 Å². The predicted molar refractivity (Wildman–Crippen MR) is 131 cm³/mol. The molecule has 0 fully saturated rings. The third-order valence-corrected chi connectivity index (χ3v) is 5.76. The van der Waals surface area contributed by atoms with E-state index in [0.29, 0.717) is 39.6 Å². The van der Waals surface area contributed by atoms with Crippen LogP contribution in [0.2, 0.25) is 0 Å². The molecule has 0 bridgehead atoms. The van der Waals surface area contributed by atoms with Crippen molar-refractivity contribution in [2.24, 2.45) is 0 Å². The summed E-state index contributed by atoms with van der Waals surface area (Å²) in [7, 11) is -0.712. The number of ether oxygens (including phenoxy) is 3. The first kappa shape index (κ1) is 32.1. The summed E-state index contributed by atoms with van der Waals surface area (Å²) >= 11 is 5.60. The largest absolute Gasteiger partial charge is 0.639 e. The Balaban J connectivity index is 0. The molecule has 3 radical (unpaired) electrons. The van der Waals surface area contributed by atoms with Gasteiger partial charge in [0.05, 0.1) is 59.5 Å². The molecule has 6 nitrogen and oxygen atoms in total. The Bertz CT molecular complexity index is 258. The Morgan fingerprint density at radius 1 is 0.483 bits per heavy atom. The summed E-state index contributed by atoms with van der Waals surface area (Å²) in [5.41, 5.74) is 0. The smallest absolute Gasteiger partial charge is 0.383 e. The molecule has 0 spiro atoms. The first-order valence-corrected chi connectivity index (χ1v) is 13.6. The van der Waals surface area contributed by atoms with E-state index in [1.54, 1.807) is 0 Å². The van der Waals surface area contributed by atoms with Gasteiger partial charge in [0.2, 0.25) is 0 Å². The van der Waals surface area contributed by atoms with Gasteiger partial charge in [0.1, 0.15) is 0 Å². The molecule has 0 aliphatic rings. The van der Waals surface area contributed by atoms with Crippen LogP contribution in [0.4, 0.5) is 0 Å². The summed E-state index contributed by atoms with van der Waals surface area (Å²) in [4.78, 5) is 0. The molecule has 0 heterocycles. The Morgan fingerprint density at radius 3 is 1.07 bits per heavy atom. The van der Waals surface area contributed by atoms with Crippen molar-refractivity contribution < 1.29 is 28.2 Å². The van der Waals surface area contributed by atoms with E-state index < -0.39 is 7.32 Å². The first-order valence-electron chi connectivity index (χ1n) is 10.2. The highest BCUT2D eigenvalue weighted by Crippen LogP contribution is 2.00. The van der Waals surface area contributed by atoms with E-state index in [-0.39, 0.29) is 8.41 Å². The maximum atomic E-state index is 5.64. The summed E-state index contributed by atoms with van der Waals surface area (Å²) in [5.74, 6) is 6.36. The SMILES string of the molecule is CCSCCOCCOB(OCCOCCSCC)OCCOCCSCC.[B]. The second-order valence-electron chi connectivity index (χ2n) is 5.33. The van der Waals surface area contributed by atoms with Crippen molar-refractivity contribution >= 4 is 51.0 Å². The summed E-state index contributed by atoms with van der Waals surface area (Å²) in [6.07, 6.45) is 0. The normalized spacial score (nSPS) is 10.9. The maximum absolute atomic E-state index is 5.64. The van der Waals surface area contributed by atoms with Crippen LogP contribution in [0.5, 0.6) is 0 Å². The van der Waals surface area contributed by atoms with Crippen LogP contribution in [0.3, 0.4) is 0 Å². The van der Waals surface area contributed by atoms with E-state index in [0.717, 1.165) is 54.3 Å².